The molecular formula is C25H21FO5. The smallest absolute Gasteiger partial charge is 0.232 e. The van der Waals surface area contributed by atoms with Gasteiger partial charge in [0.25, 0.3) is 0 Å². The number of rotatable bonds is 6. The standard InChI is InChI=1S/C25H21FO5/c1-15-11-18(30-14-17-7-4-5-9-19(17)26)13-21-23(15)24(27)22(31-21)12-16-8-6-10-20(28-2)25(16)29-3/h4-13H,14H2,1-3H3/b22-12-. The Labute approximate surface area is 179 Å². The number of carbonyl (C=O) groups is 1. The summed E-state index contributed by atoms with van der Waals surface area (Å²) in [7, 11) is 3.09. The van der Waals surface area contributed by atoms with E-state index in [2.05, 4.69) is 0 Å². The van der Waals surface area contributed by atoms with E-state index in [1.165, 1.54) is 13.2 Å². The summed E-state index contributed by atoms with van der Waals surface area (Å²) in [5.74, 6) is 1.59. The molecule has 0 fully saturated rings. The van der Waals surface area contributed by atoms with E-state index in [1.807, 2.05) is 13.0 Å². The number of allylic oxidation sites excluding steroid dienone is 1. The summed E-state index contributed by atoms with van der Waals surface area (Å²) < 4.78 is 36.2. The van der Waals surface area contributed by atoms with Crippen molar-refractivity contribution in [1.29, 1.82) is 0 Å². The summed E-state index contributed by atoms with van der Waals surface area (Å²) in [5.41, 5.74) is 2.30. The molecule has 0 unspecified atom stereocenters. The number of methoxy groups -OCH3 is 2. The number of ketones is 1. The van der Waals surface area contributed by atoms with Crippen molar-refractivity contribution >= 4 is 11.9 Å². The van der Waals surface area contributed by atoms with Gasteiger partial charge >= 0.3 is 0 Å². The third kappa shape index (κ3) is 3.97. The molecule has 4 rings (SSSR count). The van der Waals surface area contributed by atoms with Crippen LogP contribution in [0.1, 0.15) is 27.0 Å². The van der Waals surface area contributed by atoms with Gasteiger partial charge in [-0.05, 0) is 36.8 Å². The second-order valence-electron chi connectivity index (χ2n) is 7.02. The predicted molar refractivity (Wildman–Crippen MR) is 114 cm³/mol. The minimum Gasteiger partial charge on any atom is -0.493 e. The van der Waals surface area contributed by atoms with Crippen molar-refractivity contribution in [2.75, 3.05) is 14.2 Å². The van der Waals surface area contributed by atoms with Crippen molar-refractivity contribution in [2.24, 2.45) is 0 Å². The summed E-state index contributed by atoms with van der Waals surface area (Å²) in [6.45, 7) is 1.88. The number of halogens is 1. The zero-order valence-corrected chi connectivity index (χ0v) is 17.4. The Morgan fingerprint density at radius 3 is 2.58 bits per heavy atom. The molecule has 0 aliphatic carbocycles. The second-order valence-corrected chi connectivity index (χ2v) is 7.02. The highest BCUT2D eigenvalue weighted by Gasteiger charge is 2.30. The average Bonchev–Trinajstić information content (AvgIpc) is 3.08. The first-order valence-electron chi connectivity index (χ1n) is 9.68. The van der Waals surface area contributed by atoms with Crippen molar-refractivity contribution in [3.05, 3.63) is 88.4 Å². The number of Topliss-reactive ketones (excluding diaryl/α,β-unsaturated/α-hetero) is 1. The second kappa shape index (κ2) is 8.52. The van der Waals surface area contributed by atoms with Crippen LogP contribution in [0.4, 0.5) is 4.39 Å². The van der Waals surface area contributed by atoms with Gasteiger partial charge in [-0.3, -0.25) is 4.79 Å². The molecule has 6 heteroatoms. The maximum atomic E-state index is 13.8. The van der Waals surface area contributed by atoms with Crippen molar-refractivity contribution in [1.82, 2.24) is 0 Å². The van der Waals surface area contributed by atoms with Gasteiger partial charge in [0.15, 0.2) is 17.3 Å². The third-order valence-corrected chi connectivity index (χ3v) is 5.02. The quantitative estimate of drug-likeness (QED) is 0.504. The first-order valence-corrected chi connectivity index (χ1v) is 9.68. The van der Waals surface area contributed by atoms with Gasteiger partial charge in [-0.1, -0.05) is 30.3 Å². The summed E-state index contributed by atoms with van der Waals surface area (Å²) in [6.07, 6.45) is 1.63. The van der Waals surface area contributed by atoms with Crippen molar-refractivity contribution in [3.63, 3.8) is 0 Å². The van der Waals surface area contributed by atoms with Crippen molar-refractivity contribution in [2.45, 2.75) is 13.5 Å². The molecule has 1 heterocycles. The van der Waals surface area contributed by atoms with Gasteiger partial charge < -0.3 is 18.9 Å². The van der Waals surface area contributed by atoms with Gasteiger partial charge in [-0.2, -0.15) is 0 Å². The van der Waals surface area contributed by atoms with Gasteiger partial charge in [0.1, 0.15) is 23.9 Å². The zero-order valence-electron chi connectivity index (χ0n) is 17.4. The number of para-hydroxylation sites is 1. The molecule has 0 bridgehead atoms. The highest BCUT2D eigenvalue weighted by Crippen LogP contribution is 2.39. The predicted octanol–water partition coefficient (Wildman–Crippen LogP) is 5.35. The number of aryl methyl sites for hydroxylation is 1. The first kappa shape index (κ1) is 20.5. The summed E-state index contributed by atoms with van der Waals surface area (Å²) in [6, 6.07) is 15.2. The van der Waals surface area contributed by atoms with E-state index in [4.69, 9.17) is 18.9 Å². The molecule has 0 N–H and O–H groups in total. The van der Waals surface area contributed by atoms with Crippen molar-refractivity contribution in [3.8, 4) is 23.0 Å². The fourth-order valence-electron chi connectivity index (χ4n) is 3.50. The Morgan fingerprint density at radius 2 is 1.84 bits per heavy atom. The molecular weight excluding hydrogens is 399 g/mol. The van der Waals surface area contributed by atoms with Crippen LogP contribution in [0.25, 0.3) is 6.08 Å². The number of carbonyl (C=O) groups excluding carboxylic acids is 1. The van der Waals surface area contributed by atoms with Crippen LogP contribution in [0.5, 0.6) is 23.0 Å². The van der Waals surface area contributed by atoms with Crippen LogP contribution < -0.4 is 18.9 Å². The van der Waals surface area contributed by atoms with E-state index in [9.17, 15) is 9.18 Å². The molecule has 3 aromatic carbocycles. The third-order valence-electron chi connectivity index (χ3n) is 5.02. The monoisotopic (exact) mass is 420 g/mol. The van der Waals surface area contributed by atoms with E-state index >= 15 is 0 Å². The van der Waals surface area contributed by atoms with Crippen LogP contribution in [0.15, 0.2) is 60.4 Å². The summed E-state index contributed by atoms with van der Waals surface area (Å²) in [5, 5.41) is 0. The molecule has 3 aromatic rings. The molecule has 1 aliphatic rings. The number of hydrogen-bond donors (Lipinski definition) is 0. The minimum atomic E-state index is -0.329. The van der Waals surface area contributed by atoms with Gasteiger partial charge in [0.05, 0.1) is 19.8 Å². The van der Waals surface area contributed by atoms with Crippen molar-refractivity contribution < 1.29 is 28.1 Å². The molecule has 5 nitrogen and oxygen atoms in total. The Morgan fingerprint density at radius 1 is 1.03 bits per heavy atom. The fourth-order valence-corrected chi connectivity index (χ4v) is 3.50. The Kier molecular flexibility index (Phi) is 5.62. The molecule has 0 radical (unpaired) electrons. The van der Waals surface area contributed by atoms with Gasteiger partial charge in [-0.25, -0.2) is 4.39 Å². The molecule has 0 saturated heterocycles. The van der Waals surface area contributed by atoms with Crippen LogP contribution in [-0.2, 0) is 6.61 Å². The van der Waals surface area contributed by atoms with Gasteiger partial charge in [-0.15, -0.1) is 0 Å². The highest BCUT2D eigenvalue weighted by molar-refractivity contribution is 6.15. The molecule has 158 valence electrons. The molecule has 0 atom stereocenters. The van der Waals surface area contributed by atoms with E-state index in [0.29, 0.717) is 45.3 Å². The molecule has 0 saturated carbocycles. The Balaban J connectivity index is 1.61. The highest BCUT2D eigenvalue weighted by atomic mass is 19.1. The number of hydrogen-bond acceptors (Lipinski definition) is 5. The van der Waals surface area contributed by atoms with Gasteiger partial charge in [0, 0.05) is 17.2 Å². The molecule has 0 aromatic heterocycles. The zero-order chi connectivity index (χ0) is 22.0. The van der Waals surface area contributed by atoms with Crippen LogP contribution in [0.3, 0.4) is 0 Å². The fraction of sp³-hybridized carbons (Fsp3) is 0.160. The largest absolute Gasteiger partial charge is 0.493 e. The van der Waals surface area contributed by atoms with E-state index < -0.39 is 0 Å². The topological polar surface area (TPSA) is 54.0 Å². The lowest BCUT2D eigenvalue weighted by molar-refractivity contribution is 0.101. The van der Waals surface area contributed by atoms with E-state index in [-0.39, 0.29) is 24.0 Å². The maximum absolute atomic E-state index is 13.8. The Hall–Kier alpha value is -3.80. The average molecular weight is 420 g/mol. The summed E-state index contributed by atoms with van der Waals surface area (Å²) in [4.78, 5) is 13.0. The van der Waals surface area contributed by atoms with Crippen LogP contribution in [0, 0.1) is 12.7 Å². The Bertz CT molecular complexity index is 1180. The number of ether oxygens (including phenoxy) is 4. The van der Waals surface area contributed by atoms with Crippen LogP contribution in [0.2, 0.25) is 0 Å². The lowest BCUT2D eigenvalue weighted by Crippen LogP contribution is -2.01. The normalized spacial score (nSPS) is 13.7. The van der Waals surface area contributed by atoms with E-state index in [0.717, 1.165) is 0 Å². The van der Waals surface area contributed by atoms with Crippen LogP contribution in [-0.4, -0.2) is 20.0 Å². The summed E-state index contributed by atoms with van der Waals surface area (Å²) >= 11 is 0. The molecule has 0 amide bonds. The van der Waals surface area contributed by atoms with Gasteiger partial charge in [0.2, 0.25) is 5.78 Å². The lowest BCUT2D eigenvalue weighted by atomic mass is 10.0. The number of fused-ring (bicyclic) bond motifs is 1. The SMILES string of the molecule is COc1cccc(/C=C2\Oc3cc(OCc4ccccc4F)cc(C)c3C2=O)c1OC. The maximum Gasteiger partial charge on any atom is 0.232 e. The van der Waals surface area contributed by atoms with E-state index in [1.54, 1.807) is 55.7 Å². The molecule has 1 aliphatic heterocycles. The van der Waals surface area contributed by atoms with Crippen LogP contribution >= 0.6 is 0 Å². The molecule has 0 spiro atoms. The molecule has 31 heavy (non-hydrogen) atoms. The number of benzene rings is 3. The first-order chi connectivity index (χ1) is 15.0. The minimum absolute atomic E-state index is 0.0720. The lowest BCUT2D eigenvalue weighted by Gasteiger charge is -2.10.